The number of nitrogen functional groups attached to an aromatic ring is 1. The second-order valence-corrected chi connectivity index (χ2v) is 5.77. The van der Waals surface area contributed by atoms with Gasteiger partial charge in [-0.1, -0.05) is 6.92 Å². The van der Waals surface area contributed by atoms with Crippen LogP contribution in [-0.4, -0.2) is 42.2 Å². The Balaban J connectivity index is 2.28. The van der Waals surface area contributed by atoms with Crippen LogP contribution in [0.25, 0.3) is 0 Å². The second kappa shape index (κ2) is 5.48. The average molecular weight is 267 g/mol. The number of esters is 1. The van der Waals surface area contributed by atoms with Crippen molar-refractivity contribution in [1.82, 2.24) is 4.98 Å². The van der Waals surface area contributed by atoms with E-state index in [9.17, 15) is 4.79 Å². The molecule has 0 saturated carbocycles. The number of methoxy groups -OCH3 is 1. The Bertz CT molecular complexity index is 453. The number of ether oxygens (including phenoxy) is 1. The third kappa shape index (κ3) is 2.69. The minimum Gasteiger partial charge on any atom is -0.464 e. The molecule has 0 bridgehead atoms. The van der Waals surface area contributed by atoms with Crippen LogP contribution in [0.3, 0.4) is 0 Å². The first kappa shape index (κ1) is 13.0. The van der Waals surface area contributed by atoms with Crippen molar-refractivity contribution in [1.29, 1.82) is 0 Å². The molecule has 0 radical (unpaired) electrons. The summed E-state index contributed by atoms with van der Waals surface area (Å²) < 4.78 is 4.67. The largest absolute Gasteiger partial charge is 0.464 e. The summed E-state index contributed by atoms with van der Waals surface area (Å²) in [6.07, 6.45) is 0. The summed E-state index contributed by atoms with van der Waals surface area (Å²) in [5.41, 5.74) is 6.84. The van der Waals surface area contributed by atoms with E-state index in [0.717, 1.165) is 18.8 Å². The number of thioether (sulfide) groups is 1. The van der Waals surface area contributed by atoms with Crippen LogP contribution in [0.4, 0.5) is 11.5 Å². The van der Waals surface area contributed by atoms with Gasteiger partial charge < -0.3 is 15.4 Å². The Morgan fingerprint density at radius 2 is 2.39 bits per heavy atom. The van der Waals surface area contributed by atoms with E-state index in [0.29, 0.717) is 22.4 Å². The first-order valence-corrected chi connectivity index (χ1v) is 6.88. The van der Waals surface area contributed by atoms with E-state index >= 15 is 0 Å². The maximum atomic E-state index is 11.5. The van der Waals surface area contributed by atoms with Gasteiger partial charge in [-0.3, -0.25) is 0 Å². The molecule has 0 spiro atoms. The Hall–Kier alpha value is -1.43. The van der Waals surface area contributed by atoms with Gasteiger partial charge >= 0.3 is 5.97 Å². The fourth-order valence-corrected chi connectivity index (χ4v) is 2.96. The predicted molar refractivity (Wildman–Crippen MR) is 74.1 cm³/mol. The highest BCUT2D eigenvalue weighted by Crippen LogP contribution is 2.26. The van der Waals surface area contributed by atoms with Gasteiger partial charge in [-0.2, -0.15) is 11.8 Å². The minimum absolute atomic E-state index is 0.299. The van der Waals surface area contributed by atoms with Crippen LogP contribution >= 0.6 is 11.8 Å². The van der Waals surface area contributed by atoms with Crippen LogP contribution in [0, 0.1) is 0 Å². The Labute approximate surface area is 111 Å². The number of pyridine rings is 1. The lowest BCUT2D eigenvalue weighted by atomic mass is 10.3. The SMILES string of the molecule is COC(=O)c1ccc(N)c(N2CCSC(C)C2)n1. The van der Waals surface area contributed by atoms with Crippen LogP contribution in [0.1, 0.15) is 17.4 Å². The summed E-state index contributed by atoms with van der Waals surface area (Å²) >= 11 is 1.94. The summed E-state index contributed by atoms with van der Waals surface area (Å²) in [4.78, 5) is 17.9. The molecule has 2 N–H and O–H groups in total. The molecule has 0 aliphatic carbocycles. The molecule has 1 aliphatic heterocycles. The third-order valence-electron chi connectivity index (χ3n) is 2.84. The number of carbonyl (C=O) groups excluding carboxylic acids is 1. The molecule has 1 fully saturated rings. The molecule has 0 aromatic carbocycles. The summed E-state index contributed by atoms with van der Waals surface area (Å²) in [5.74, 6) is 1.30. The lowest BCUT2D eigenvalue weighted by Crippen LogP contribution is -2.37. The van der Waals surface area contributed by atoms with Crippen molar-refractivity contribution in [2.24, 2.45) is 0 Å². The minimum atomic E-state index is -0.435. The molecule has 18 heavy (non-hydrogen) atoms. The smallest absolute Gasteiger partial charge is 0.356 e. The fourth-order valence-electron chi connectivity index (χ4n) is 1.94. The highest BCUT2D eigenvalue weighted by atomic mass is 32.2. The number of carbonyl (C=O) groups is 1. The van der Waals surface area contributed by atoms with E-state index in [1.165, 1.54) is 7.11 Å². The molecular formula is C12H17N3O2S. The normalized spacial score (nSPS) is 19.7. The van der Waals surface area contributed by atoms with Gasteiger partial charge in [0.2, 0.25) is 0 Å². The number of anilines is 2. The van der Waals surface area contributed by atoms with Crippen molar-refractivity contribution in [2.75, 3.05) is 36.6 Å². The third-order valence-corrected chi connectivity index (χ3v) is 3.98. The van der Waals surface area contributed by atoms with Gasteiger partial charge in [0.25, 0.3) is 0 Å². The van der Waals surface area contributed by atoms with Gasteiger partial charge in [0.1, 0.15) is 0 Å². The zero-order valence-corrected chi connectivity index (χ0v) is 11.4. The zero-order chi connectivity index (χ0) is 13.1. The highest BCUT2D eigenvalue weighted by Gasteiger charge is 2.21. The second-order valence-electron chi connectivity index (χ2n) is 4.23. The molecule has 6 heteroatoms. The zero-order valence-electron chi connectivity index (χ0n) is 10.5. The molecule has 0 amide bonds. The molecule has 1 aromatic rings. The van der Waals surface area contributed by atoms with Gasteiger partial charge in [0.05, 0.1) is 12.8 Å². The number of rotatable bonds is 2. The number of nitrogens with two attached hydrogens (primary N) is 1. The predicted octanol–water partition coefficient (Wildman–Crippen LogP) is 1.39. The lowest BCUT2D eigenvalue weighted by Gasteiger charge is -2.32. The maximum Gasteiger partial charge on any atom is 0.356 e. The molecule has 98 valence electrons. The van der Waals surface area contributed by atoms with E-state index in [1.54, 1.807) is 12.1 Å². The van der Waals surface area contributed by atoms with E-state index in [4.69, 9.17) is 5.73 Å². The van der Waals surface area contributed by atoms with E-state index in [-0.39, 0.29) is 0 Å². The molecule has 2 rings (SSSR count). The molecular weight excluding hydrogens is 250 g/mol. The average Bonchev–Trinajstić information content (AvgIpc) is 2.38. The standard InChI is InChI=1S/C12H17N3O2S/c1-8-7-15(5-6-18-8)11-9(13)3-4-10(14-11)12(16)17-2/h3-4,8H,5-7,13H2,1-2H3. The summed E-state index contributed by atoms with van der Waals surface area (Å²) in [6.45, 7) is 3.97. The van der Waals surface area contributed by atoms with Crippen molar-refractivity contribution in [3.63, 3.8) is 0 Å². The van der Waals surface area contributed by atoms with Crippen LogP contribution in [0.2, 0.25) is 0 Å². The van der Waals surface area contributed by atoms with Crippen molar-refractivity contribution in [3.8, 4) is 0 Å². The van der Waals surface area contributed by atoms with E-state index in [2.05, 4.69) is 21.5 Å². The van der Waals surface area contributed by atoms with Crippen LogP contribution < -0.4 is 10.6 Å². The van der Waals surface area contributed by atoms with Crippen LogP contribution in [0.15, 0.2) is 12.1 Å². The highest BCUT2D eigenvalue weighted by molar-refractivity contribution is 8.00. The first-order chi connectivity index (χ1) is 8.61. The number of hydrogen-bond donors (Lipinski definition) is 1. The van der Waals surface area contributed by atoms with Crippen LogP contribution in [-0.2, 0) is 4.74 Å². The molecule has 5 nitrogen and oxygen atoms in total. The molecule has 1 unspecified atom stereocenters. The van der Waals surface area contributed by atoms with Gasteiger partial charge in [-0.15, -0.1) is 0 Å². The number of aromatic nitrogens is 1. The van der Waals surface area contributed by atoms with E-state index < -0.39 is 5.97 Å². The monoisotopic (exact) mass is 267 g/mol. The number of nitrogens with zero attached hydrogens (tertiary/aromatic N) is 2. The topological polar surface area (TPSA) is 68.5 Å². The molecule has 1 atom stereocenters. The lowest BCUT2D eigenvalue weighted by molar-refractivity contribution is 0.0594. The molecule has 1 aromatic heterocycles. The fraction of sp³-hybridized carbons (Fsp3) is 0.500. The molecule has 1 aliphatic rings. The Kier molecular flexibility index (Phi) is 3.96. The van der Waals surface area contributed by atoms with Gasteiger partial charge in [-0.25, -0.2) is 9.78 Å². The van der Waals surface area contributed by atoms with Gasteiger partial charge in [0, 0.05) is 24.1 Å². The molecule has 1 saturated heterocycles. The quantitative estimate of drug-likeness (QED) is 0.817. The number of hydrogen-bond acceptors (Lipinski definition) is 6. The Morgan fingerprint density at radius 1 is 1.61 bits per heavy atom. The van der Waals surface area contributed by atoms with Gasteiger partial charge in [0.15, 0.2) is 11.5 Å². The maximum absolute atomic E-state index is 11.5. The molecule has 2 heterocycles. The van der Waals surface area contributed by atoms with Crippen molar-refractivity contribution >= 4 is 29.2 Å². The van der Waals surface area contributed by atoms with Crippen molar-refractivity contribution in [2.45, 2.75) is 12.2 Å². The summed E-state index contributed by atoms with van der Waals surface area (Å²) in [6, 6.07) is 3.30. The van der Waals surface area contributed by atoms with E-state index in [1.807, 2.05) is 11.8 Å². The van der Waals surface area contributed by atoms with Crippen molar-refractivity contribution < 1.29 is 9.53 Å². The van der Waals surface area contributed by atoms with Gasteiger partial charge in [-0.05, 0) is 12.1 Å². The summed E-state index contributed by atoms with van der Waals surface area (Å²) in [5, 5.41) is 0.543. The van der Waals surface area contributed by atoms with Crippen LogP contribution in [0.5, 0.6) is 0 Å². The van der Waals surface area contributed by atoms with Crippen molar-refractivity contribution in [3.05, 3.63) is 17.8 Å². The Morgan fingerprint density at radius 3 is 3.06 bits per heavy atom. The summed E-state index contributed by atoms with van der Waals surface area (Å²) in [7, 11) is 1.35. The first-order valence-electron chi connectivity index (χ1n) is 5.83.